The molecule has 142 valence electrons. The molecule has 0 spiro atoms. The number of hydrogen-bond donors (Lipinski definition) is 2. The molecule has 0 aliphatic carbocycles. The van der Waals surface area contributed by atoms with E-state index in [0.29, 0.717) is 5.95 Å². The Bertz CT molecular complexity index is 927. The van der Waals surface area contributed by atoms with Gasteiger partial charge in [-0.2, -0.15) is 10.1 Å². The van der Waals surface area contributed by atoms with E-state index in [1.54, 1.807) is 18.0 Å². The van der Waals surface area contributed by atoms with Gasteiger partial charge in [0.2, 0.25) is 5.95 Å². The van der Waals surface area contributed by atoms with Gasteiger partial charge in [-0.05, 0) is 17.7 Å². The Morgan fingerprint density at radius 2 is 2.15 bits per heavy atom. The number of rotatable bonds is 6. The lowest BCUT2D eigenvalue weighted by atomic mass is 10.2. The summed E-state index contributed by atoms with van der Waals surface area (Å²) in [5, 5.41) is 11.9. The number of nitrogens with one attached hydrogen (secondary N) is 2. The average molecular weight is 368 g/mol. The zero-order valence-electron chi connectivity index (χ0n) is 15.8. The third kappa shape index (κ3) is 3.56. The number of methoxy groups -OCH3 is 1. The molecule has 1 aliphatic heterocycles. The molecule has 0 amide bonds. The van der Waals surface area contributed by atoms with E-state index in [9.17, 15) is 0 Å². The topological polar surface area (TPSA) is 93.0 Å². The molecule has 0 unspecified atom stereocenters. The van der Waals surface area contributed by atoms with Gasteiger partial charge in [-0.15, -0.1) is 0 Å². The number of ether oxygens (including phenoxy) is 1. The minimum atomic E-state index is 0.0908. The van der Waals surface area contributed by atoms with Crippen LogP contribution in [0.1, 0.15) is 5.56 Å². The smallest absolute Gasteiger partial charge is 0.224 e. The standard InChI is InChI=1S/C18H24N8O/c1-19-18-20-5-4-16(24-18)26-10-14(15(11-26)27-3)21-7-12-6-13-9-23-25(2)17(13)22-8-12/h4-6,8-9,14-15,21H,7,10-11H2,1-3H3,(H,19,20,24)/t14-,15+/m1/s1. The van der Waals surface area contributed by atoms with Crippen molar-refractivity contribution in [3.63, 3.8) is 0 Å². The summed E-state index contributed by atoms with van der Waals surface area (Å²) in [5.41, 5.74) is 2.02. The SMILES string of the molecule is CNc1nccc(N2C[C@H](OC)[C@H](NCc3cnc4c(cnn4C)c3)C2)n1. The molecule has 0 bridgehead atoms. The van der Waals surface area contributed by atoms with Gasteiger partial charge >= 0.3 is 0 Å². The van der Waals surface area contributed by atoms with E-state index in [1.807, 2.05) is 32.6 Å². The lowest BCUT2D eigenvalue weighted by molar-refractivity contribution is 0.0967. The van der Waals surface area contributed by atoms with Crippen LogP contribution in [0.5, 0.6) is 0 Å². The first-order valence-electron chi connectivity index (χ1n) is 8.96. The molecule has 1 fully saturated rings. The third-order valence-corrected chi connectivity index (χ3v) is 4.95. The van der Waals surface area contributed by atoms with Crippen molar-refractivity contribution in [2.75, 3.05) is 37.5 Å². The quantitative estimate of drug-likeness (QED) is 0.660. The first-order valence-corrected chi connectivity index (χ1v) is 8.96. The Balaban J connectivity index is 1.44. The van der Waals surface area contributed by atoms with Gasteiger partial charge in [-0.25, -0.2) is 9.97 Å². The van der Waals surface area contributed by atoms with E-state index in [-0.39, 0.29) is 12.1 Å². The van der Waals surface area contributed by atoms with Crippen LogP contribution < -0.4 is 15.5 Å². The monoisotopic (exact) mass is 368 g/mol. The van der Waals surface area contributed by atoms with Gasteiger partial charge in [0.05, 0.1) is 18.3 Å². The highest BCUT2D eigenvalue weighted by Crippen LogP contribution is 2.21. The Morgan fingerprint density at radius 3 is 2.96 bits per heavy atom. The van der Waals surface area contributed by atoms with E-state index in [0.717, 1.165) is 42.0 Å². The fourth-order valence-electron chi connectivity index (χ4n) is 3.48. The molecule has 0 saturated carbocycles. The zero-order chi connectivity index (χ0) is 18.8. The first kappa shape index (κ1) is 17.6. The van der Waals surface area contributed by atoms with Crippen molar-refractivity contribution in [3.8, 4) is 0 Å². The number of anilines is 2. The maximum atomic E-state index is 5.70. The summed E-state index contributed by atoms with van der Waals surface area (Å²) in [5.74, 6) is 1.52. The van der Waals surface area contributed by atoms with Crippen LogP contribution in [0.4, 0.5) is 11.8 Å². The minimum Gasteiger partial charge on any atom is -0.378 e. The Morgan fingerprint density at radius 1 is 1.26 bits per heavy atom. The Hall–Kier alpha value is -2.78. The molecule has 2 N–H and O–H groups in total. The second-order valence-electron chi connectivity index (χ2n) is 6.68. The van der Waals surface area contributed by atoms with E-state index in [1.165, 1.54) is 0 Å². The number of aryl methyl sites for hydroxylation is 1. The highest BCUT2D eigenvalue weighted by molar-refractivity contribution is 5.74. The third-order valence-electron chi connectivity index (χ3n) is 4.95. The molecule has 9 heteroatoms. The van der Waals surface area contributed by atoms with Gasteiger partial charge in [0.1, 0.15) is 5.82 Å². The van der Waals surface area contributed by atoms with Gasteiger partial charge in [-0.3, -0.25) is 4.68 Å². The average Bonchev–Trinajstić information content (AvgIpc) is 3.29. The first-order chi connectivity index (χ1) is 13.2. The summed E-state index contributed by atoms with van der Waals surface area (Å²) in [6, 6.07) is 4.25. The predicted molar refractivity (Wildman–Crippen MR) is 104 cm³/mol. The van der Waals surface area contributed by atoms with E-state index in [4.69, 9.17) is 4.74 Å². The molecule has 3 aromatic heterocycles. The van der Waals surface area contributed by atoms with Crippen LogP contribution in [0.25, 0.3) is 11.0 Å². The number of pyridine rings is 1. The van der Waals surface area contributed by atoms with Crippen molar-refractivity contribution in [2.45, 2.75) is 18.7 Å². The van der Waals surface area contributed by atoms with Crippen LogP contribution >= 0.6 is 0 Å². The maximum Gasteiger partial charge on any atom is 0.224 e. The van der Waals surface area contributed by atoms with Crippen LogP contribution in [0.2, 0.25) is 0 Å². The molecular weight excluding hydrogens is 344 g/mol. The number of hydrogen-bond acceptors (Lipinski definition) is 8. The number of aromatic nitrogens is 5. The summed E-state index contributed by atoms with van der Waals surface area (Å²) >= 11 is 0. The molecule has 9 nitrogen and oxygen atoms in total. The lowest BCUT2D eigenvalue weighted by Crippen LogP contribution is -2.39. The van der Waals surface area contributed by atoms with Crippen molar-refractivity contribution in [3.05, 3.63) is 36.3 Å². The van der Waals surface area contributed by atoms with Crippen LogP contribution in [0.3, 0.4) is 0 Å². The van der Waals surface area contributed by atoms with Gasteiger partial charge in [-0.1, -0.05) is 0 Å². The summed E-state index contributed by atoms with van der Waals surface area (Å²) in [4.78, 5) is 15.4. The molecular formula is C18H24N8O. The molecule has 27 heavy (non-hydrogen) atoms. The number of fused-ring (bicyclic) bond motifs is 1. The Labute approximate surface area is 157 Å². The number of nitrogens with zero attached hydrogens (tertiary/aromatic N) is 6. The van der Waals surface area contributed by atoms with Gasteiger partial charge < -0.3 is 20.3 Å². The highest BCUT2D eigenvalue weighted by Gasteiger charge is 2.33. The maximum absolute atomic E-state index is 5.70. The molecule has 1 saturated heterocycles. The predicted octanol–water partition coefficient (Wildman–Crippen LogP) is 0.793. The molecule has 2 atom stereocenters. The summed E-state index contributed by atoms with van der Waals surface area (Å²) in [6.45, 7) is 2.33. The summed E-state index contributed by atoms with van der Waals surface area (Å²) < 4.78 is 7.48. The van der Waals surface area contributed by atoms with Crippen LogP contribution in [0, 0.1) is 0 Å². The fourth-order valence-corrected chi connectivity index (χ4v) is 3.48. The lowest BCUT2D eigenvalue weighted by Gasteiger charge is -2.18. The highest BCUT2D eigenvalue weighted by atomic mass is 16.5. The molecule has 3 aromatic rings. The van der Waals surface area contributed by atoms with E-state index in [2.05, 4.69) is 41.7 Å². The van der Waals surface area contributed by atoms with Crippen LogP contribution in [0.15, 0.2) is 30.7 Å². The summed E-state index contributed by atoms with van der Waals surface area (Å²) in [6.07, 6.45) is 5.60. The minimum absolute atomic E-state index is 0.0908. The molecule has 0 radical (unpaired) electrons. The van der Waals surface area contributed by atoms with Crippen molar-refractivity contribution in [1.82, 2.24) is 30.0 Å². The fraction of sp³-hybridized carbons (Fsp3) is 0.444. The second kappa shape index (κ2) is 7.45. The van der Waals surface area contributed by atoms with E-state index < -0.39 is 0 Å². The van der Waals surface area contributed by atoms with Crippen LogP contribution in [-0.2, 0) is 18.3 Å². The van der Waals surface area contributed by atoms with Gasteiger partial charge in [0, 0.05) is 58.6 Å². The molecule has 4 rings (SSSR count). The van der Waals surface area contributed by atoms with Crippen molar-refractivity contribution >= 4 is 22.8 Å². The normalized spacial score (nSPS) is 19.7. The van der Waals surface area contributed by atoms with Gasteiger partial charge in [0.25, 0.3) is 0 Å². The summed E-state index contributed by atoms with van der Waals surface area (Å²) in [7, 11) is 5.47. The largest absolute Gasteiger partial charge is 0.378 e. The zero-order valence-corrected chi connectivity index (χ0v) is 15.8. The van der Waals surface area contributed by atoms with Crippen molar-refractivity contribution in [2.24, 2.45) is 7.05 Å². The van der Waals surface area contributed by atoms with Gasteiger partial charge in [0.15, 0.2) is 5.65 Å². The van der Waals surface area contributed by atoms with Crippen LogP contribution in [-0.4, -0.2) is 64.1 Å². The second-order valence-corrected chi connectivity index (χ2v) is 6.68. The Kier molecular flexibility index (Phi) is 4.87. The molecule has 0 aromatic carbocycles. The van der Waals surface area contributed by atoms with E-state index >= 15 is 0 Å². The van der Waals surface area contributed by atoms with Crippen molar-refractivity contribution in [1.29, 1.82) is 0 Å². The molecule has 1 aliphatic rings. The molecule has 4 heterocycles. The van der Waals surface area contributed by atoms with Crippen molar-refractivity contribution < 1.29 is 4.74 Å².